The van der Waals surface area contributed by atoms with Crippen LogP contribution in [0, 0.1) is 0 Å². The first kappa shape index (κ1) is 17.1. The molecule has 23 heavy (non-hydrogen) atoms. The van der Waals surface area contributed by atoms with Gasteiger partial charge in [0.1, 0.15) is 12.4 Å². The molecule has 0 fully saturated rings. The predicted molar refractivity (Wildman–Crippen MR) is 98.0 cm³/mol. The van der Waals surface area contributed by atoms with Crippen LogP contribution in [-0.2, 0) is 4.79 Å². The smallest absolute Gasteiger partial charge is 0.243 e. The second-order valence-corrected chi connectivity index (χ2v) is 6.10. The van der Waals surface area contributed by atoms with Crippen LogP contribution in [0.1, 0.15) is 6.92 Å². The zero-order valence-corrected chi connectivity index (χ0v) is 14.5. The predicted octanol–water partition coefficient (Wildman–Crippen LogP) is 4.45. The quantitative estimate of drug-likeness (QED) is 0.703. The van der Waals surface area contributed by atoms with Crippen LogP contribution in [0.15, 0.2) is 65.2 Å². The van der Waals surface area contributed by atoms with Gasteiger partial charge in [-0.3, -0.25) is 4.79 Å². The number of rotatable bonds is 7. The minimum atomic E-state index is -0.111. The molecule has 0 radical (unpaired) electrons. The third kappa shape index (κ3) is 6.16. The Morgan fingerprint density at radius 3 is 2.57 bits per heavy atom. The van der Waals surface area contributed by atoms with E-state index in [0.717, 1.165) is 27.2 Å². The summed E-state index contributed by atoms with van der Waals surface area (Å²) in [5, 5.41) is 5.91. The SMILES string of the molecule is C=C(C)COc1ccc(NC(=O)CNc2cccc(Br)c2)cc1. The van der Waals surface area contributed by atoms with Crippen molar-refractivity contribution >= 4 is 33.2 Å². The van der Waals surface area contributed by atoms with Crippen LogP contribution in [0.3, 0.4) is 0 Å². The Labute approximate surface area is 144 Å². The molecule has 4 nitrogen and oxygen atoms in total. The Balaban J connectivity index is 1.81. The first-order valence-corrected chi connectivity index (χ1v) is 7.99. The van der Waals surface area contributed by atoms with Gasteiger partial charge in [-0.05, 0) is 55.0 Å². The zero-order valence-electron chi connectivity index (χ0n) is 12.9. The fourth-order valence-electron chi connectivity index (χ4n) is 1.83. The molecule has 0 aromatic heterocycles. The fourth-order valence-corrected chi connectivity index (χ4v) is 2.23. The van der Waals surface area contributed by atoms with Gasteiger partial charge in [-0.25, -0.2) is 0 Å². The highest BCUT2D eigenvalue weighted by Crippen LogP contribution is 2.17. The summed E-state index contributed by atoms with van der Waals surface area (Å²) in [4.78, 5) is 11.9. The molecule has 0 aliphatic heterocycles. The lowest BCUT2D eigenvalue weighted by Crippen LogP contribution is -2.21. The summed E-state index contributed by atoms with van der Waals surface area (Å²) >= 11 is 3.39. The van der Waals surface area contributed by atoms with E-state index in [1.807, 2.05) is 55.5 Å². The van der Waals surface area contributed by atoms with E-state index in [-0.39, 0.29) is 12.5 Å². The first-order valence-electron chi connectivity index (χ1n) is 7.19. The average Bonchev–Trinajstić information content (AvgIpc) is 2.52. The van der Waals surface area contributed by atoms with Crippen LogP contribution in [0.4, 0.5) is 11.4 Å². The van der Waals surface area contributed by atoms with E-state index in [9.17, 15) is 4.79 Å². The molecule has 2 rings (SSSR count). The van der Waals surface area contributed by atoms with Crippen molar-refractivity contribution in [3.8, 4) is 5.75 Å². The third-order valence-corrected chi connectivity index (χ3v) is 3.39. The second kappa shape index (κ2) is 8.39. The van der Waals surface area contributed by atoms with Gasteiger partial charge >= 0.3 is 0 Å². The molecular formula is C18H19BrN2O2. The summed E-state index contributed by atoms with van der Waals surface area (Å²) in [5.74, 6) is 0.638. The van der Waals surface area contributed by atoms with Gasteiger partial charge in [0.05, 0.1) is 6.54 Å². The number of amides is 1. The lowest BCUT2D eigenvalue weighted by molar-refractivity contribution is -0.114. The number of nitrogens with one attached hydrogen (secondary N) is 2. The molecule has 0 atom stereocenters. The maximum Gasteiger partial charge on any atom is 0.243 e. The Hall–Kier alpha value is -2.27. The highest BCUT2D eigenvalue weighted by molar-refractivity contribution is 9.10. The summed E-state index contributed by atoms with van der Waals surface area (Å²) < 4.78 is 6.48. The van der Waals surface area contributed by atoms with Crippen molar-refractivity contribution in [1.29, 1.82) is 0 Å². The van der Waals surface area contributed by atoms with Gasteiger partial charge in [0, 0.05) is 15.8 Å². The van der Waals surface area contributed by atoms with Crippen molar-refractivity contribution < 1.29 is 9.53 Å². The van der Waals surface area contributed by atoms with Crippen molar-refractivity contribution in [2.75, 3.05) is 23.8 Å². The number of anilines is 2. The molecule has 0 aliphatic carbocycles. The van der Waals surface area contributed by atoms with Crippen molar-refractivity contribution in [3.05, 3.63) is 65.2 Å². The van der Waals surface area contributed by atoms with Gasteiger partial charge in [-0.1, -0.05) is 28.6 Å². The van der Waals surface area contributed by atoms with E-state index in [1.165, 1.54) is 0 Å². The zero-order chi connectivity index (χ0) is 16.7. The summed E-state index contributed by atoms with van der Waals surface area (Å²) in [5.41, 5.74) is 2.58. The maximum absolute atomic E-state index is 11.9. The molecule has 0 saturated carbocycles. The van der Waals surface area contributed by atoms with E-state index in [1.54, 1.807) is 0 Å². The van der Waals surface area contributed by atoms with Crippen LogP contribution in [0.5, 0.6) is 5.75 Å². The molecule has 120 valence electrons. The van der Waals surface area contributed by atoms with Gasteiger partial charge in [0.15, 0.2) is 0 Å². The maximum atomic E-state index is 11.9. The van der Waals surface area contributed by atoms with Crippen LogP contribution in [0.2, 0.25) is 0 Å². The Kier molecular flexibility index (Phi) is 6.23. The molecule has 0 bridgehead atoms. The summed E-state index contributed by atoms with van der Waals surface area (Å²) in [6.45, 7) is 6.38. The highest BCUT2D eigenvalue weighted by atomic mass is 79.9. The molecule has 1 amide bonds. The topological polar surface area (TPSA) is 50.4 Å². The van der Waals surface area contributed by atoms with E-state index < -0.39 is 0 Å². The number of halogens is 1. The van der Waals surface area contributed by atoms with Gasteiger partial charge in [-0.2, -0.15) is 0 Å². The van der Waals surface area contributed by atoms with E-state index in [0.29, 0.717) is 6.61 Å². The first-order chi connectivity index (χ1) is 11.0. The Bertz CT molecular complexity index is 684. The normalized spacial score (nSPS) is 10.0. The second-order valence-electron chi connectivity index (χ2n) is 5.18. The lowest BCUT2D eigenvalue weighted by atomic mass is 10.3. The van der Waals surface area contributed by atoms with Gasteiger partial charge < -0.3 is 15.4 Å². The molecule has 5 heteroatoms. The van der Waals surface area contributed by atoms with Crippen molar-refractivity contribution in [3.63, 3.8) is 0 Å². The Morgan fingerprint density at radius 1 is 1.17 bits per heavy atom. The van der Waals surface area contributed by atoms with Crippen LogP contribution < -0.4 is 15.4 Å². The third-order valence-electron chi connectivity index (χ3n) is 2.90. The molecule has 2 aromatic rings. The monoisotopic (exact) mass is 374 g/mol. The van der Waals surface area contributed by atoms with Gasteiger partial charge in [0.2, 0.25) is 5.91 Å². The molecule has 2 aromatic carbocycles. The van der Waals surface area contributed by atoms with Crippen molar-refractivity contribution in [2.24, 2.45) is 0 Å². The van der Waals surface area contributed by atoms with Gasteiger partial charge in [0.25, 0.3) is 0 Å². The van der Waals surface area contributed by atoms with E-state index in [4.69, 9.17) is 4.74 Å². The number of carbonyl (C=O) groups excluding carboxylic acids is 1. The number of hydrogen-bond acceptors (Lipinski definition) is 3. The summed E-state index contributed by atoms with van der Waals surface area (Å²) in [7, 11) is 0. The fraction of sp³-hybridized carbons (Fsp3) is 0.167. The molecular weight excluding hydrogens is 356 g/mol. The minimum Gasteiger partial charge on any atom is -0.489 e. The Morgan fingerprint density at radius 2 is 1.91 bits per heavy atom. The molecule has 0 spiro atoms. The van der Waals surface area contributed by atoms with E-state index in [2.05, 4.69) is 33.1 Å². The summed E-state index contributed by atoms with van der Waals surface area (Å²) in [6, 6.07) is 14.9. The largest absolute Gasteiger partial charge is 0.489 e. The number of ether oxygens (including phenoxy) is 1. The summed E-state index contributed by atoms with van der Waals surface area (Å²) in [6.07, 6.45) is 0. The lowest BCUT2D eigenvalue weighted by Gasteiger charge is -2.09. The standard InChI is InChI=1S/C18H19BrN2O2/c1-13(2)12-23-17-8-6-15(7-9-17)21-18(22)11-20-16-5-3-4-14(19)10-16/h3-10,20H,1,11-12H2,2H3,(H,21,22). The molecule has 0 saturated heterocycles. The number of carbonyl (C=O) groups is 1. The molecule has 0 heterocycles. The molecule has 0 unspecified atom stereocenters. The molecule has 0 aliphatic rings. The van der Waals surface area contributed by atoms with E-state index >= 15 is 0 Å². The highest BCUT2D eigenvalue weighted by Gasteiger charge is 2.03. The van der Waals surface area contributed by atoms with Crippen molar-refractivity contribution in [2.45, 2.75) is 6.92 Å². The van der Waals surface area contributed by atoms with Crippen LogP contribution >= 0.6 is 15.9 Å². The van der Waals surface area contributed by atoms with Crippen LogP contribution in [0.25, 0.3) is 0 Å². The number of benzene rings is 2. The van der Waals surface area contributed by atoms with Gasteiger partial charge in [-0.15, -0.1) is 0 Å². The minimum absolute atomic E-state index is 0.111. The van der Waals surface area contributed by atoms with Crippen molar-refractivity contribution in [1.82, 2.24) is 0 Å². The van der Waals surface area contributed by atoms with Crippen LogP contribution in [-0.4, -0.2) is 19.1 Å². The average molecular weight is 375 g/mol. The number of hydrogen-bond donors (Lipinski definition) is 2. The molecule has 2 N–H and O–H groups in total.